The first kappa shape index (κ1) is 13.4. The standard InChI is InChI=1S/C14H16ClN3O2/c15-12-10(3-1-7-16-12)14(20)18-8-2-4-11(18)13(19)17-9-5-6-9/h1,3,7,9,11H,2,4-6,8H2,(H,17,19). The van der Waals surface area contributed by atoms with Crippen molar-refractivity contribution in [1.82, 2.24) is 15.2 Å². The van der Waals surface area contributed by atoms with E-state index in [0.29, 0.717) is 24.6 Å². The Kier molecular flexibility index (Phi) is 3.61. The molecule has 1 aliphatic carbocycles. The fraction of sp³-hybridized carbons (Fsp3) is 0.500. The van der Waals surface area contributed by atoms with Crippen molar-refractivity contribution < 1.29 is 9.59 Å². The van der Waals surface area contributed by atoms with Gasteiger partial charge in [-0.3, -0.25) is 9.59 Å². The summed E-state index contributed by atoms with van der Waals surface area (Å²) in [6.45, 7) is 0.590. The Labute approximate surface area is 122 Å². The summed E-state index contributed by atoms with van der Waals surface area (Å²) in [4.78, 5) is 30.2. The number of likely N-dealkylation sites (tertiary alicyclic amines) is 1. The van der Waals surface area contributed by atoms with Gasteiger partial charge in [0.15, 0.2) is 0 Å². The molecule has 0 aromatic carbocycles. The molecular weight excluding hydrogens is 278 g/mol. The van der Waals surface area contributed by atoms with Crippen molar-refractivity contribution >= 4 is 23.4 Å². The quantitative estimate of drug-likeness (QED) is 0.862. The average molecular weight is 294 g/mol. The summed E-state index contributed by atoms with van der Waals surface area (Å²) < 4.78 is 0. The van der Waals surface area contributed by atoms with Gasteiger partial charge in [-0.1, -0.05) is 11.6 Å². The van der Waals surface area contributed by atoms with Gasteiger partial charge in [0.25, 0.3) is 5.91 Å². The van der Waals surface area contributed by atoms with Crippen molar-refractivity contribution in [2.24, 2.45) is 0 Å². The minimum absolute atomic E-state index is 0.0432. The number of hydrogen-bond acceptors (Lipinski definition) is 3. The first-order valence-electron chi connectivity index (χ1n) is 6.88. The Balaban J connectivity index is 1.76. The molecule has 2 amide bonds. The van der Waals surface area contributed by atoms with E-state index in [1.165, 1.54) is 0 Å². The maximum absolute atomic E-state index is 12.5. The molecule has 5 nitrogen and oxygen atoms in total. The molecule has 1 aromatic rings. The highest BCUT2D eigenvalue weighted by atomic mass is 35.5. The number of halogens is 1. The van der Waals surface area contributed by atoms with Crippen LogP contribution in [0, 0.1) is 0 Å². The summed E-state index contributed by atoms with van der Waals surface area (Å²) in [6.07, 6.45) is 5.18. The Morgan fingerprint density at radius 1 is 1.35 bits per heavy atom. The Morgan fingerprint density at radius 3 is 2.85 bits per heavy atom. The number of nitrogens with zero attached hydrogens (tertiary/aromatic N) is 2. The van der Waals surface area contributed by atoms with Crippen LogP contribution < -0.4 is 5.32 Å². The van der Waals surface area contributed by atoms with Crippen LogP contribution >= 0.6 is 11.6 Å². The molecule has 1 saturated carbocycles. The molecule has 1 atom stereocenters. The maximum atomic E-state index is 12.5. The van der Waals surface area contributed by atoms with Crippen molar-refractivity contribution in [3.05, 3.63) is 29.0 Å². The lowest BCUT2D eigenvalue weighted by atomic mass is 10.2. The lowest BCUT2D eigenvalue weighted by Crippen LogP contribution is -2.46. The predicted molar refractivity (Wildman–Crippen MR) is 74.5 cm³/mol. The lowest BCUT2D eigenvalue weighted by Gasteiger charge is -2.24. The van der Waals surface area contributed by atoms with Crippen LogP contribution in [0.15, 0.2) is 18.3 Å². The average Bonchev–Trinajstić information content (AvgIpc) is 3.11. The first-order chi connectivity index (χ1) is 9.66. The zero-order chi connectivity index (χ0) is 14.1. The van der Waals surface area contributed by atoms with Gasteiger partial charge in [-0.2, -0.15) is 0 Å². The van der Waals surface area contributed by atoms with Crippen LogP contribution in [0.2, 0.25) is 5.15 Å². The van der Waals surface area contributed by atoms with Gasteiger partial charge < -0.3 is 10.2 Å². The second kappa shape index (κ2) is 5.40. The minimum Gasteiger partial charge on any atom is -0.352 e. The van der Waals surface area contributed by atoms with Crippen LogP contribution in [0.4, 0.5) is 0 Å². The van der Waals surface area contributed by atoms with E-state index in [4.69, 9.17) is 11.6 Å². The molecule has 0 bridgehead atoms. The molecule has 1 N–H and O–H groups in total. The summed E-state index contributed by atoms with van der Waals surface area (Å²) in [5.74, 6) is -0.255. The van der Waals surface area contributed by atoms with E-state index in [-0.39, 0.29) is 23.0 Å². The third kappa shape index (κ3) is 2.63. The molecule has 106 valence electrons. The van der Waals surface area contributed by atoms with Crippen molar-refractivity contribution in [2.75, 3.05) is 6.54 Å². The molecule has 2 aliphatic rings. The highest BCUT2D eigenvalue weighted by molar-refractivity contribution is 6.32. The largest absolute Gasteiger partial charge is 0.352 e. The number of rotatable bonds is 3. The molecular formula is C14H16ClN3O2. The number of pyridine rings is 1. The summed E-state index contributed by atoms with van der Waals surface area (Å²) in [5, 5.41) is 3.15. The van der Waals surface area contributed by atoms with Crippen molar-refractivity contribution in [2.45, 2.75) is 37.8 Å². The van der Waals surface area contributed by atoms with Gasteiger partial charge >= 0.3 is 0 Å². The van der Waals surface area contributed by atoms with E-state index >= 15 is 0 Å². The molecule has 2 fully saturated rings. The number of carbonyl (C=O) groups excluding carboxylic acids is 2. The Morgan fingerprint density at radius 2 is 2.15 bits per heavy atom. The number of hydrogen-bond donors (Lipinski definition) is 1. The van der Waals surface area contributed by atoms with Crippen molar-refractivity contribution in [3.63, 3.8) is 0 Å². The second-order valence-corrected chi connectivity index (χ2v) is 5.64. The number of nitrogens with one attached hydrogen (secondary N) is 1. The predicted octanol–water partition coefficient (Wildman–Crippen LogP) is 1.62. The van der Waals surface area contributed by atoms with Gasteiger partial charge in [0, 0.05) is 18.8 Å². The summed E-state index contributed by atoms with van der Waals surface area (Å²) >= 11 is 5.96. The van der Waals surface area contributed by atoms with Crippen LogP contribution in [0.25, 0.3) is 0 Å². The number of amides is 2. The normalized spacial score (nSPS) is 21.9. The zero-order valence-corrected chi connectivity index (χ0v) is 11.8. The monoisotopic (exact) mass is 293 g/mol. The van der Waals surface area contributed by atoms with E-state index in [9.17, 15) is 9.59 Å². The van der Waals surface area contributed by atoms with E-state index < -0.39 is 0 Å². The Bertz CT molecular complexity index is 545. The fourth-order valence-electron chi connectivity index (χ4n) is 2.51. The molecule has 1 unspecified atom stereocenters. The van der Waals surface area contributed by atoms with Crippen LogP contribution in [0.1, 0.15) is 36.0 Å². The van der Waals surface area contributed by atoms with Gasteiger partial charge in [-0.05, 0) is 37.8 Å². The van der Waals surface area contributed by atoms with Crippen LogP contribution in [-0.4, -0.2) is 40.3 Å². The topological polar surface area (TPSA) is 62.3 Å². The molecule has 1 aromatic heterocycles. The second-order valence-electron chi connectivity index (χ2n) is 5.28. The summed E-state index contributed by atoms with van der Waals surface area (Å²) in [7, 11) is 0. The third-order valence-corrected chi connectivity index (χ3v) is 4.03. The zero-order valence-electron chi connectivity index (χ0n) is 11.0. The Hall–Kier alpha value is -1.62. The van der Waals surface area contributed by atoms with Crippen LogP contribution in [-0.2, 0) is 4.79 Å². The van der Waals surface area contributed by atoms with Gasteiger partial charge in [-0.25, -0.2) is 4.98 Å². The summed E-state index contributed by atoms with van der Waals surface area (Å²) in [5.41, 5.74) is 0.361. The van der Waals surface area contributed by atoms with E-state index in [2.05, 4.69) is 10.3 Å². The van der Waals surface area contributed by atoms with E-state index in [0.717, 1.165) is 19.3 Å². The fourth-order valence-corrected chi connectivity index (χ4v) is 2.71. The molecule has 20 heavy (non-hydrogen) atoms. The van der Waals surface area contributed by atoms with Crippen LogP contribution in [0.3, 0.4) is 0 Å². The van der Waals surface area contributed by atoms with Gasteiger partial charge in [0.1, 0.15) is 11.2 Å². The van der Waals surface area contributed by atoms with Crippen LogP contribution in [0.5, 0.6) is 0 Å². The molecule has 0 radical (unpaired) electrons. The number of aromatic nitrogens is 1. The van der Waals surface area contributed by atoms with Crippen molar-refractivity contribution in [1.29, 1.82) is 0 Å². The minimum atomic E-state index is -0.376. The van der Waals surface area contributed by atoms with Gasteiger partial charge in [-0.15, -0.1) is 0 Å². The molecule has 1 aliphatic heterocycles. The first-order valence-corrected chi connectivity index (χ1v) is 7.26. The molecule has 1 saturated heterocycles. The van der Waals surface area contributed by atoms with Gasteiger partial charge in [0.2, 0.25) is 5.91 Å². The lowest BCUT2D eigenvalue weighted by molar-refractivity contribution is -0.125. The maximum Gasteiger partial charge on any atom is 0.257 e. The molecule has 2 heterocycles. The third-order valence-electron chi connectivity index (χ3n) is 3.73. The molecule has 3 rings (SSSR count). The van der Waals surface area contributed by atoms with E-state index in [1.807, 2.05) is 0 Å². The van der Waals surface area contributed by atoms with Gasteiger partial charge in [0.05, 0.1) is 5.56 Å². The van der Waals surface area contributed by atoms with E-state index in [1.54, 1.807) is 23.2 Å². The smallest absolute Gasteiger partial charge is 0.257 e. The molecule has 6 heteroatoms. The molecule has 0 spiro atoms. The highest BCUT2D eigenvalue weighted by Crippen LogP contribution is 2.25. The van der Waals surface area contributed by atoms with Crippen molar-refractivity contribution in [3.8, 4) is 0 Å². The highest BCUT2D eigenvalue weighted by Gasteiger charge is 2.37. The SMILES string of the molecule is O=C(NC1CC1)C1CCCN1C(=O)c1cccnc1Cl. The number of carbonyl (C=O) groups is 2. The summed E-state index contributed by atoms with van der Waals surface area (Å²) in [6, 6.07) is 3.25.